The summed E-state index contributed by atoms with van der Waals surface area (Å²) in [6, 6.07) is 3.66. The molecule has 0 aliphatic carbocycles. The fourth-order valence-corrected chi connectivity index (χ4v) is 2.84. The van der Waals surface area contributed by atoms with E-state index < -0.39 is 0 Å². The molecule has 1 fully saturated rings. The molecule has 0 saturated carbocycles. The number of rotatable bonds is 1. The lowest BCUT2D eigenvalue weighted by Gasteiger charge is -2.22. The average Bonchev–Trinajstić information content (AvgIpc) is 3.03. The maximum atomic E-state index is 12.2. The van der Waals surface area contributed by atoms with Gasteiger partial charge in [-0.25, -0.2) is 0 Å². The normalized spacial score (nSPS) is 21.3. The zero-order valence-corrected chi connectivity index (χ0v) is 10.8. The van der Waals surface area contributed by atoms with E-state index in [2.05, 4.69) is 11.9 Å². The van der Waals surface area contributed by atoms with E-state index >= 15 is 0 Å². The van der Waals surface area contributed by atoms with Gasteiger partial charge in [0.1, 0.15) is 5.58 Å². The molecule has 1 aromatic carbocycles. The van der Waals surface area contributed by atoms with Gasteiger partial charge in [0.2, 0.25) is 12.7 Å². The Labute approximate surface area is 115 Å². The van der Waals surface area contributed by atoms with E-state index in [1.165, 1.54) is 0 Å². The second kappa shape index (κ2) is 4.03. The molecule has 0 unspecified atom stereocenters. The fraction of sp³-hybridized carbons (Fsp3) is 0.267. The molecule has 2 aromatic rings. The highest BCUT2D eigenvalue weighted by molar-refractivity contribution is 5.96. The van der Waals surface area contributed by atoms with Crippen molar-refractivity contribution >= 4 is 16.9 Å². The molecule has 1 N–H and O–H groups in total. The third-order valence-electron chi connectivity index (χ3n) is 3.83. The van der Waals surface area contributed by atoms with E-state index in [0.29, 0.717) is 17.1 Å². The molecule has 0 bridgehead atoms. The van der Waals surface area contributed by atoms with E-state index in [1.54, 1.807) is 6.26 Å². The molecule has 2 aliphatic heterocycles. The Balaban J connectivity index is 1.86. The number of allylic oxidation sites excluding steroid dienone is 1. The Hall–Kier alpha value is -2.43. The van der Waals surface area contributed by atoms with Crippen LogP contribution in [0, 0.1) is 0 Å². The van der Waals surface area contributed by atoms with E-state index in [0.717, 1.165) is 29.5 Å². The van der Waals surface area contributed by atoms with Crippen LogP contribution < -0.4 is 14.8 Å². The highest BCUT2D eigenvalue weighted by Gasteiger charge is 2.31. The number of amides is 1. The van der Waals surface area contributed by atoms with Crippen LogP contribution in [0.2, 0.25) is 0 Å². The van der Waals surface area contributed by atoms with Gasteiger partial charge in [-0.15, -0.1) is 0 Å². The zero-order valence-electron chi connectivity index (χ0n) is 10.8. The third kappa shape index (κ3) is 1.52. The quantitative estimate of drug-likeness (QED) is 0.866. The van der Waals surface area contributed by atoms with Crippen molar-refractivity contribution in [3.8, 4) is 11.5 Å². The predicted octanol–water partition coefficient (Wildman–Crippen LogP) is 2.67. The SMILES string of the molecule is C=C1CC[C@@H](c2coc3ccc4c(c23)OCO4)C(=O)N1. The summed E-state index contributed by atoms with van der Waals surface area (Å²) >= 11 is 0. The number of carbonyl (C=O) groups excluding carboxylic acids is 1. The Bertz CT molecular complexity index is 731. The van der Waals surface area contributed by atoms with Gasteiger partial charge < -0.3 is 19.2 Å². The van der Waals surface area contributed by atoms with E-state index in [4.69, 9.17) is 13.9 Å². The van der Waals surface area contributed by atoms with Gasteiger partial charge in [-0.2, -0.15) is 0 Å². The number of hydrogen-bond acceptors (Lipinski definition) is 4. The van der Waals surface area contributed by atoms with Gasteiger partial charge in [0, 0.05) is 11.3 Å². The molecule has 5 heteroatoms. The van der Waals surface area contributed by atoms with Gasteiger partial charge in [0.25, 0.3) is 0 Å². The largest absolute Gasteiger partial charge is 0.464 e. The number of nitrogens with one attached hydrogen (secondary N) is 1. The second-order valence-corrected chi connectivity index (χ2v) is 5.05. The summed E-state index contributed by atoms with van der Waals surface area (Å²) in [4.78, 5) is 12.2. The topological polar surface area (TPSA) is 60.7 Å². The molecule has 3 heterocycles. The number of carbonyl (C=O) groups is 1. The fourth-order valence-electron chi connectivity index (χ4n) is 2.84. The Kier molecular flexibility index (Phi) is 2.30. The number of benzene rings is 1. The van der Waals surface area contributed by atoms with Crippen LogP contribution in [-0.2, 0) is 4.79 Å². The molecule has 1 saturated heterocycles. The number of hydrogen-bond donors (Lipinski definition) is 1. The lowest BCUT2D eigenvalue weighted by molar-refractivity contribution is -0.122. The first kappa shape index (κ1) is 11.4. The zero-order chi connectivity index (χ0) is 13.7. The molecule has 102 valence electrons. The van der Waals surface area contributed by atoms with Crippen LogP contribution in [0.3, 0.4) is 0 Å². The van der Waals surface area contributed by atoms with Crippen molar-refractivity contribution < 1.29 is 18.7 Å². The van der Waals surface area contributed by atoms with Crippen molar-refractivity contribution in [1.29, 1.82) is 0 Å². The van der Waals surface area contributed by atoms with Crippen LogP contribution in [0.15, 0.2) is 35.1 Å². The standard InChI is InChI=1S/C15H13NO4/c1-8-2-3-9(15(17)16-8)10-6-18-11-4-5-12-14(13(10)11)20-7-19-12/h4-6,9H,1-3,7H2,(H,16,17)/t9-/m0/s1. The molecule has 0 radical (unpaired) electrons. The van der Waals surface area contributed by atoms with Gasteiger partial charge in [-0.1, -0.05) is 6.58 Å². The van der Waals surface area contributed by atoms with Crippen LogP contribution in [0.5, 0.6) is 11.5 Å². The molecule has 1 atom stereocenters. The molecule has 20 heavy (non-hydrogen) atoms. The molecule has 0 spiro atoms. The Morgan fingerprint density at radius 1 is 1.30 bits per heavy atom. The van der Waals surface area contributed by atoms with Gasteiger partial charge >= 0.3 is 0 Å². The van der Waals surface area contributed by atoms with Crippen LogP contribution in [0.25, 0.3) is 11.0 Å². The molecule has 4 rings (SSSR count). The molecular weight excluding hydrogens is 258 g/mol. The summed E-state index contributed by atoms with van der Waals surface area (Å²) in [5.74, 6) is 1.09. The van der Waals surface area contributed by atoms with Crippen LogP contribution in [0.4, 0.5) is 0 Å². The monoisotopic (exact) mass is 271 g/mol. The average molecular weight is 271 g/mol. The highest BCUT2D eigenvalue weighted by atomic mass is 16.7. The summed E-state index contributed by atoms with van der Waals surface area (Å²) in [6.45, 7) is 4.00. The van der Waals surface area contributed by atoms with Crippen molar-refractivity contribution in [2.24, 2.45) is 0 Å². The minimum Gasteiger partial charge on any atom is -0.464 e. The maximum absolute atomic E-state index is 12.2. The predicted molar refractivity (Wildman–Crippen MR) is 71.6 cm³/mol. The van der Waals surface area contributed by atoms with Gasteiger partial charge in [0.15, 0.2) is 11.5 Å². The number of fused-ring (bicyclic) bond motifs is 3. The summed E-state index contributed by atoms with van der Waals surface area (Å²) < 4.78 is 16.5. The summed E-state index contributed by atoms with van der Waals surface area (Å²) in [5.41, 5.74) is 2.33. The highest BCUT2D eigenvalue weighted by Crippen LogP contribution is 2.44. The third-order valence-corrected chi connectivity index (χ3v) is 3.83. The summed E-state index contributed by atoms with van der Waals surface area (Å²) in [7, 11) is 0. The smallest absolute Gasteiger partial charge is 0.231 e. The van der Waals surface area contributed by atoms with E-state index in [-0.39, 0.29) is 18.6 Å². The molecule has 2 aliphatic rings. The van der Waals surface area contributed by atoms with Crippen molar-refractivity contribution in [1.82, 2.24) is 5.32 Å². The number of furan rings is 1. The Morgan fingerprint density at radius 3 is 3.05 bits per heavy atom. The van der Waals surface area contributed by atoms with Crippen LogP contribution >= 0.6 is 0 Å². The Morgan fingerprint density at radius 2 is 2.20 bits per heavy atom. The molecule has 5 nitrogen and oxygen atoms in total. The van der Waals surface area contributed by atoms with E-state index in [1.807, 2.05) is 12.1 Å². The van der Waals surface area contributed by atoms with E-state index in [9.17, 15) is 4.79 Å². The molecular formula is C15H13NO4. The van der Waals surface area contributed by atoms with Gasteiger partial charge in [-0.05, 0) is 25.0 Å². The first-order valence-electron chi connectivity index (χ1n) is 6.52. The minimum atomic E-state index is -0.238. The first-order chi connectivity index (χ1) is 9.74. The lowest BCUT2D eigenvalue weighted by atomic mass is 9.89. The van der Waals surface area contributed by atoms with Crippen LogP contribution in [-0.4, -0.2) is 12.7 Å². The minimum absolute atomic E-state index is 0.0412. The molecule has 1 amide bonds. The van der Waals surface area contributed by atoms with Gasteiger partial charge in [0.05, 0.1) is 17.6 Å². The van der Waals surface area contributed by atoms with Crippen molar-refractivity contribution in [3.63, 3.8) is 0 Å². The maximum Gasteiger partial charge on any atom is 0.231 e. The lowest BCUT2D eigenvalue weighted by Crippen LogP contribution is -2.33. The first-order valence-corrected chi connectivity index (χ1v) is 6.52. The number of piperidine rings is 1. The van der Waals surface area contributed by atoms with Crippen molar-refractivity contribution in [2.75, 3.05) is 6.79 Å². The van der Waals surface area contributed by atoms with Crippen molar-refractivity contribution in [2.45, 2.75) is 18.8 Å². The second-order valence-electron chi connectivity index (χ2n) is 5.05. The number of ether oxygens (including phenoxy) is 2. The summed E-state index contributed by atoms with van der Waals surface area (Å²) in [5, 5.41) is 3.64. The molecule has 1 aromatic heterocycles. The summed E-state index contributed by atoms with van der Waals surface area (Å²) in [6.07, 6.45) is 3.14. The van der Waals surface area contributed by atoms with Gasteiger partial charge in [-0.3, -0.25) is 4.79 Å². The van der Waals surface area contributed by atoms with Crippen LogP contribution in [0.1, 0.15) is 24.3 Å². The van der Waals surface area contributed by atoms with Crippen molar-refractivity contribution in [3.05, 3.63) is 36.2 Å².